The molecule has 0 aliphatic heterocycles. The van der Waals surface area contributed by atoms with Crippen LogP contribution in [0, 0.1) is 0 Å². The summed E-state index contributed by atoms with van der Waals surface area (Å²) in [7, 11) is 2.55. The molecule has 0 aliphatic carbocycles. The highest BCUT2D eigenvalue weighted by atomic mass is 16.5. The number of methoxy groups -OCH3 is 2. The SMILES string of the molecule is COC(=O)c1cc(C(=O)OC)cc(-n2cc(-c3ccccc3)nn2)c1. The number of aromatic nitrogens is 3. The summed E-state index contributed by atoms with van der Waals surface area (Å²) in [5.74, 6) is -1.12. The minimum Gasteiger partial charge on any atom is -0.465 e. The predicted octanol–water partition coefficient (Wildman–Crippen LogP) is 2.51. The lowest BCUT2D eigenvalue weighted by Crippen LogP contribution is -2.09. The van der Waals surface area contributed by atoms with Crippen LogP contribution in [0.2, 0.25) is 0 Å². The van der Waals surface area contributed by atoms with Crippen LogP contribution in [-0.2, 0) is 9.47 Å². The Morgan fingerprint density at radius 1 is 0.920 bits per heavy atom. The van der Waals surface area contributed by atoms with E-state index in [1.54, 1.807) is 18.3 Å². The lowest BCUT2D eigenvalue weighted by molar-refractivity contribution is 0.0599. The molecule has 0 atom stereocenters. The molecular formula is C18H15N3O4. The maximum atomic E-state index is 11.9. The number of esters is 2. The molecule has 0 aliphatic rings. The van der Waals surface area contributed by atoms with Crippen molar-refractivity contribution in [1.29, 1.82) is 0 Å². The van der Waals surface area contributed by atoms with E-state index in [0.29, 0.717) is 11.4 Å². The average Bonchev–Trinajstić information content (AvgIpc) is 3.17. The van der Waals surface area contributed by atoms with Gasteiger partial charge in [0.05, 0.1) is 37.2 Å². The molecule has 1 aromatic heterocycles. The molecule has 0 spiro atoms. The van der Waals surface area contributed by atoms with Crippen LogP contribution in [0.15, 0.2) is 54.7 Å². The van der Waals surface area contributed by atoms with E-state index in [2.05, 4.69) is 10.3 Å². The van der Waals surface area contributed by atoms with Gasteiger partial charge in [-0.05, 0) is 18.2 Å². The summed E-state index contributed by atoms with van der Waals surface area (Å²) in [6.45, 7) is 0. The highest BCUT2D eigenvalue weighted by Crippen LogP contribution is 2.20. The minimum atomic E-state index is -0.560. The Balaban J connectivity index is 2.06. The average molecular weight is 337 g/mol. The monoisotopic (exact) mass is 337 g/mol. The molecule has 0 radical (unpaired) electrons. The van der Waals surface area contributed by atoms with Crippen LogP contribution < -0.4 is 0 Å². The Morgan fingerprint density at radius 3 is 2.08 bits per heavy atom. The van der Waals surface area contributed by atoms with Gasteiger partial charge in [0.15, 0.2) is 0 Å². The van der Waals surface area contributed by atoms with Gasteiger partial charge in [0.25, 0.3) is 0 Å². The summed E-state index contributed by atoms with van der Waals surface area (Å²) in [4.78, 5) is 23.7. The number of hydrogen-bond donors (Lipinski definition) is 0. The van der Waals surface area contributed by atoms with Gasteiger partial charge < -0.3 is 9.47 Å². The lowest BCUT2D eigenvalue weighted by Gasteiger charge is -2.07. The summed E-state index contributed by atoms with van der Waals surface area (Å²) in [5.41, 5.74) is 2.52. The molecule has 0 saturated heterocycles. The second-order valence-corrected chi connectivity index (χ2v) is 5.17. The third-order valence-electron chi connectivity index (χ3n) is 3.59. The molecule has 25 heavy (non-hydrogen) atoms. The standard InChI is InChI=1S/C18H15N3O4/c1-24-17(22)13-8-14(18(23)25-2)10-15(9-13)21-11-16(19-20-21)12-6-4-3-5-7-12/h3-11H,1-2H3. The predicted molar refractivity (Wildman–Crippen MR) is 89.5 cm³/mol. The molecule has 7 nitrogen and oxygen atoms in total. The zero-order valence-corrected chi connectivity index (χ0v) is 13.7. The van der Waals surface area contributed by atoms with E-state index in [1.807, 2.05) is 30.3 Å². The normalized spacial score (nSPS) is 10.3. The highest BCUT2D eigenvalue weighted by Gasteiger charge is 2.15. The van der Waals surface area contributed by atoms with Crippen molar-refractivity contribution in [3.63, 3.8) is 0 Å². The largest absolute Gasteiger partial charge is 0.465 e. The first-order chi connectivity index (χ1) is 12.1. The van der Waals surface area contributed by atoms with Gasteiger partial charge in [-0.3, -0.25) is 0 Å². The highest BCUT2D eigenvalue weighted by molar-refractivity contribution is 5.96. The van der Waals surface area contributed by atoms with E-state index in [9.17, 15) is 9.59 Å². The number of nitrogens with zero attached hydrogens (tertiary/aromatic N) is 3. The topological polar surface area (TPSA) is 83.3 Å². The number of rotatable bonds is 4. The van der Waals surface area contributed by atoms with E-state index in [-0.39, 0.29) is 11.1 Å². The van der Waals surface area contributed by atoms with Crippen LogP contribution in [0.25, 0.3) is 16.9 Å². The summed E-state index contributed by atoms with van der Waals surface area (Å²) in [6, 6.07) is 14.1. The van der Waals surface area contributed by atoms with Gasteiger partial charge in [-0.2, -0.15) is 0 Å². The van der Waals surface area contributed by atoms with Crippen LogP contribution in [0.4, 0.5) is 0 Å². The third-order valence-corrected chi connectivity index (χ3v) is 3.59. The van der Waals surface area contributed by atoms with Gasteiger partial charge in [-0.1, -0.05) is 35.5 Å². The van der Waals surface area contributed by atoms with Crippen molar-refractivity contribution in [1.82, 2.24) is 15.0 Å². The van der Waals surface area contributed by atoms with Gasteiger partial charge in [0.1, 0.15) is 5.69 Å². The Bertz CT molecular complexity index is 885. The fourth-order valence-corrected chi connectivity index (χ4v) is 2.35. The first kappa shape index (κ1) is 16.4. The number of ether oxygens (including phenoxy) is 2. The first-order valence-corrected chi connectivity index (χ1v) is 7.42. The van der Waals surface area contributed by atoms with Crippen molar-refractivity contribution >= 4 is 11.9 Å². The second-order valence-electron chi connectivity index (χ2n) is 5.17. The van der Waals surface area contributed by atoms with Crippen molar-refractivity contribution in [2.24, 2.45) is 0 Å². The van der Waals surface area contributed by atoms with Crippen molar-refractivity contribution in [2.45, 2.75) is 0 Å². The molecular weight excluding hydrogens is 322 g/mol. The van der Waals surface area contributed by atoms with Crippen molar-refractivity contribution < 1.29 is 19.1 Å². The Morgan fingerprint density at radius 2 is 1.52 bits per heavy atom. The lowest BCUT2D eigenvalue weighted by atomic mass is 10.1. The smallest absolute Gasteiger partial charge is 0.337 e. The first-order valence-electron chi connectivity index (χ1n) is 7.42. The van der Waals surface area contributed by atoms with E-state index < -0.39 is 11.9 Å². The van der Waals surface area contributed by atoms with Crippen molar-refractivity contribution in [3.8, 4) is 16.9 Å². The molecule has 3 aromatic rings. The van der Waals surface area contributed by atoms with Crippen molar-refractivity contribution in [3.05, 3.63) is 65.9 Å². The molecule has 0 saturated carbocycles. The minimum absolute atomic E-state index is 0.220. The quantitative estimate of drug-likeness (QED) is 0.680. The zero-order valence-electron chi connectivity index (χ0n) is 13.7. The van der Waals surface area contributed by atoms with Crippen LogP contribution in [-0.4, -0.2) is 41.2 Å². The second kappa shape index (κ2) is 6.96. The fourth-order valence-electron chi connectivity index (χ4n) is 2.35. The van der Waals surface area contributed by atoms with Gasteiger partial charge in [0.2, 0.25) is 0 Å². The number of carbonyl (C=O) groups is 2. The Kier molecular flexibility index (Phi) is 4.56. The molecule has 0 amide bonds. The maximum Gasteiger partial charge on any atom is 0.337 e. The van der Waals surface area contributed by atoms with E-state index >= 15 is 0 Å². The summed E-state index contributed by atoms with van der Waals surface area (Å²) >= 11 is 0. The van der Waals surface area contributed by atoms with Crippen molar-refractivity contribution in [2.75, 3.05) is 14.2 Å². The zero-order chi connectivity index (χ0) is 17.8. The van der Waals surface area contributed by atoms with Crippen LogP contribution in [0.1, 0.15) is 20.7 Å². The molecule has 1 heterocycles. The van der Waals surface area contributed by atoms with Gasteiger partial charge in [-0.15, -0.1) is 5.10 Å². The molecule has 0 bridgehead atoms. The van der Waals surface area contributed by atoms with E-state index in [4.69, 9.17) is 9.47 Å². The van der Waals surface area contributed by atoms with E-state index in [1.165, 1.54) is 25.0 Å². The summed E-state index contributed by atoms with van der Waals surface area (Å²) in [5, 5.41) is 8.21. The Labute approximate surface area is 143 Å². The van der Waals surface area contributed by atoms with Gasteiger partial charge in [0, 0.05) is 5.56 Å². The molecule has 0 fully saturated rings. The number of carbonyl (C=O) groups excluding carboxylic acids is 2. The third kappa shape index (κ3) is 3.40. The van der Waals surface area contributed by atoms with Gasteiger partial charge >= 0.3 is 11.9 Å². The Hall–Kier alpha value is -3.48. The fraction of sp³-hybridized carbons (Fsp3) is 0.111. The molecule has 126 valence electrons. The van der Waals surface area contributed by atoms with Crippen LogP contribution in [0.3, 0.4) is 0 Å². The van der Waals surface area contributed by atoms with Crippen LogP contribution in [0.5, 0.6) is 0 Å². The summed E-state index contributed by atoms with van der Waals surface area (Å²) < 4.78 is 11.0. The molecule has 7 heteroatoms. The van der Waals surface area contributed by atoms with Gasteiger partial charge in [-0.25, -0.2) is 14.3 Å². The molecule has 0 N–H and O–H groups in total. The number of benzene rings is 2. The molecule has 0 unspecified atom stereocenters. The van der Waals surface area contributed by atoms with E-state index in [0.717, 1.165) is 5.56 Å². The number of hydrogen-bond acceptors (Lipinski definition) is 6. The molecule has 2 aromatic carbocycles. The maximum absolute atomic E-state index is 11.9. The van der Waals surface area contributed by atoms with Crippen LogP contribution >= 0.6 is 0 Å². The summed E-state index contributed by atoms with van der Waals surface area (Å²) in [6.07, 6.45) is 1.72. The molecule has 3 rings (SSSR count).